The van der Waals surface area contributed by atoms with Gasteiger partial charge in [0.05, 0.1) is 13.0 Å². The lowest BCUT2D eigenvalue weighted by Gasteiger charge is -2.33. The molecule has 0 spiro atoms. The normalized spacial score (nSPS) is 20.4. The number of Topliss-reactive ketones (excluding diaryl/α,β-unsaturated/α-hetero) is 1. The second-order valence-electron chi connectivity index (χ2n) is 8.11. The van der Waals surface area contributed by atoms with Crippen molar-refractivity contribution in [2.75, 3.05) is 26.7 Å². The zero-order valence-corrected chi connectivity index (χ0v) is 17.7. The zero-order chi connectivity index (χ0) is 21.0. The van der Waals surface area contributed by atoms with Crippen LogP contribution in [0.2, 0.25) is 0 Å². The van der Waals surface area contributed by atoms with Crippen LogP contribution in [0.3, 0.4) is 0 Å². The number of methoxy groups -OCH3 is 1. The zero-order valence-electron chi connectivity index (χ0n) is 17.7. The highest BCUT2D eigenvalue weighted by Gasteiger charge is 2.39. The lowest BCUT2D eigenvalue weighted by molar-refractivity contribution is -0.137. The van der Waals surface area contributed by atoms with Crippen molar-refractivity contribution in [2.24, 2.45) is 11.8 Å². The van der Waals surface area contributed by atoms with Gasteiger partial charge in [-0.2, -0.15) is 0 Å². The van der Waals surface area contributed by atoms with E-state index in [1.165, 1.54) is 0 Å². The van der Waals surface area contributed by atoms with Crippen molar-refractivity contribution in [3.8, 4) is 5.75 Å². The van der Waals surface area contributed by atoms with Crippen molar-refractivity contribution in [3.05, 3.63) is 29.8 Å². The first-order valence-corrected chi connectivity index (χ1v) is 10.7. The van der Waals surface area contributed by atoms with E-state index in [1.54, 1.807) is 31.4 Å². The number of ketones is 1. The van der Waals surface area contributed by atoms with E-state index in [1.807, 2.05) is 9.80 Å². The Morgan fingerprint density at radius 2 is 1.69 bits per heavy atom. The largest absolute Gasteiger partial charge is 0.497 e. The minimum atomic E-state index is -0.239. The molecule has 0 N–H and O–H groups in total. The summed E-state index contributed by atoms with van der Waals surface area (Å²) in [7, 11) is 1.60. The smallest absolute Gasteiger partial charge is 0.227 e. The Labute approximate surface area is 173 Å². The van der Waals surface area contributed by atoms with Crippen LogP contribution in [0.15, 0.2) is 24.3 Å². The second kappa shape index (κ2) is 9.42. The van der Waals surface area contributed by atoms with Crippen LogP contribution in [0.1, 0.15) is 56.3 Å². The maximum atomic E-state index is 13.0. The number of benzene rings is 1. The molecule has 2 amide bonds. The summed E-state index contributed by atoms with van der Waals surface area (Å²) in [5, 5.41) is 0. The van der Waals surface area contributed by atoms with E-state index in [2.05, 4.69) is 13.8 Å². The first-order valence-electron chi connectivity index (χ1n) is 10.7. The molecule has 3 rings (SSSR count). The number of carbonyl (C=O) groups is 3. The molecular formula is C23H32N2O4. The van der Waals surface area contributed by atoms with Gasteiger partial charge in [-0.15, -0.1) is 0 Å². The van der Waals surface area contributed by atoms with E-state index in [9.17, 15) is 14.4 Å². The van der Waals surface area contributed by atoms with Crippen molar-refractivity contribution in [2.45, 2.75) is 52.0 Å². The molecule has 0 radical (unpaired) electrons. The van der Waals surface area contributed by atoms with Gasteiger partial charge in [0, 0.05) is 43.6 Å². The van der Waals surface area contributed by atoms with Crippen LogP contribution in [0.5, 0.6) is 5.75 Å². The van der Waals surface area contributed by atoms with E-state index in [-0.39, 0.29) is 35.5 Å². The second-order valence-corrected chi connectivity index (χ2v) is 8.11. The average Bonchev–Trinajstić information content (AvgIpc) is 3.15. The molecule has 1 aromatic carbocycles. The van der Waals surface area contributed by atoms with Gasteiger partial charge in [-0.1, -0.05) is 13.8 Å². The maximum Gasteiger partial charge on any atom is 0.227 e. The van der Waals surface area contributed by atoms with E-state index in [0.29, 0.717) is 44.5 Å². The fraction of sp³-hybridized carbons (Fsp3) is 0.609. The van der Waals surface area contributed by atoms with Gasteiger partial charge in [-0.25, -0.2) is 0 Å². The minimum absolute atomic E-state index is 0.0567. The quantitative estimate of drug-likeness (QED) is 0.660. The lowest BCUT2D eigenvalue weighted by Crippen LogP contribution is -2.44. The number of likely N-dealkylation sites (tertiary alicyclic amines) is 2. The number of piperidine rings is 1. The first-order chi connectivity index (χ1) is 14.0. The van der Waals surface area contributed by atoms with Gasteiger partial charge < -0.3 is 14.5 Å². The monoisotopic (exact) mass is 400 g/mol. The summed E-state index contributed by atoms with van der Waals surface area (Å²) < 4.78 is 5.14. The predicted octanol–water partition coefficient (Wildman–Crippen LogP) is 3.15. The number of ether oxygens (including phenoxy) is 1. The van der Waals surface area contributed by atoms with Crippen LogP contribution in [0.25, 0.3) is 0 Å². The van der Waals surface area contributed by atoms with Gasteiger partial charge >= 0.3 is 0 Å². The summed E-state index contributed by atoms with van der Waals surface area (Å²) in [6, 6.07) is 7.43. The third-order valence-electron chi connectivity index (χ3n) is 6.44. The van der Waals surface area contributed by atoms with Crippen molar-refractivity contribution < 1.29 is 19.1 Å². The van der Waals surface area contributed by atoms with Gasteiger partial charge in [0.25, 0.3) is 0 Å². The molecule has 158 valence electrons. The molecule has 0 aliphatic carbocycles. The van der Waals surface area contributed by atoms with Crippen LogP contribution in [-0.4, -0.2) is 60.2 Å². The number of hydrogen-bond donors (Lipinski definition) is 0. The molecule has 0 bridgehead atoms. The number of amides is 2. The van der Waals surface area contributed by atoms with Crippen LogP contribution < -0.4 is 4.74 Å². The Kier molecular flexibility index (Phi) is 6.93. The fourth-order valence-electron chi connectivity index (χ4n) is 4.59. The molecule has 0 aromatic heterocycles. The molecule has 2 aliphatic rings. The van der Waals surface area contributed by atoms with Gasteiger partial charge in [-0.05, 0) is 49.9 Å². The molecule has 1 atom stereocenters. The highest BCUT2D eigenvalue weighted by molar-refractivity contribution is 5.98. The van der Waals surface area contributed by atoms with Crippen LogP contribution in [-0.2, 0) is 9.59 Å². The van der Waals surface area contributed by atoms with Crippen LogP contribution >= 0.6 is 0 Å². The molecule has 6 nitrogen and oxygen atoms in total. The summed E-state index contributed by atoms with van der Waals surface area (Å²) in [6.07, 6.45) is 3.51. The Balaban J connectivity index is 1.54. The molecule has 2 saturated heterocycles. The molecule has 2 fully saturated rings. The SMILES string of the molecule is CCC(CC)N1CC(C(=O)N2CCC(C(=O)c3ccc(OC)cc3)CC2)CC1=O. The Hall–Kier alpha value is -2.37. The summed E-state index contributed by atoms with van der Waals surface area (Å²) >= 11 is 0. The Morgan fingerprint density at radius 3 is 2.24 bits per heavy atom. The van der Waals surface area contributed by atoms with Crippen molar-refractivity contribution in [1.29, 1.82) is 0 Å². The molecule has 0 saturated carbocycles. The highest BCUT2D eigenvalue weighted by Crippen LogP contribution is 2.28. The topological polar surface area (TPSA) is 66.9 Å². The summed E-state index contributed by atoms with van der Waals surface area (Å²) in [5.74, 6) is 0.741. The molecular weight excluding hydrogens is 368 g/mol. The van der Waals surface area contributed by atoms with Crippen molar-refractivity contribution in [3.63, 3.8) is 0 Å². The molecule has 29 heavy (non-hydrogen) atoms. The molecule has 1 aromatic rings. The lowest BCUT2D eigenvalue weighted by atomic mass is 9.88. The third kappa shape index (κ3) is 4.62. The van der Waals surface area contributed by atoms with Crippen LogP contribution in [0.4, 0.5) is 0 Å². The summed E-state index contributed by atoms with van der Waals surface area (Å²) in [4.78, 5) is 41.8. The first kappa shape index (κ1) is 21.3. The Bertz CT molecular complexity index is 734. The number of nitrogens with zero attached hydrogens (tertiary/aromatic N) is 2. The Morgan fingerprint density at radius 1 is 1.07 bits per heavy atom. The number of rotatable bonds is 7. The minimum Gasteiger partial charge on any atom is -0.497 e. The molecule has 2 aliphatic heterocycles. The highest BCUT2D eigenvalue weighted by atomic mass is 16.5. The fourth-order valence-corrected chi connectivity index (χ4v) is 4.59. The molecule has 1 unspecified atom stereocenters. The van der Waals surface area contributed by atoms with E-state index >= 15 is 0 Å². The van der Waals surface area contributed by atoms with E-state index < -0.39 is 0 Å². The van der Waals surface area contributed by atoms with Gasteiger partial charge in [-0.3, -0.25) is 14.4 Å². The number of hydrogen-bond acceptors (Lipinski definition) is 4. The van der Waals surface area contributed by atoms with Gasteiger partial charge in [0.1, 0.15) is 5.75 Å². The summed E-state index contributed by atoms with van der Waals surface area (Å²) in [5.41, 5.74) is 0.692. The molecule has 6 heteroatoms. The van der Waals surface area contributed by atoms with E-state index in [4.69, 9.17) is 4.74 Å². The average molecular weight is 401 g/mol. The number of carbonyl (C=O) groups excluding carboxylic acids is 3. The van der Waals surface area contributed by atoms with Crippen LogP contribution in [0, 0.1) is 11.8 Å². The van der Waals surface area contributed by atoms with Gasteiger partial charge in [0.15, 0.2) is 5.78 Å². The standard InChI is InChI=1S/C23H32N2O4/c1-4-19(5-2)25-15-18(14-21(25)26)23(28)24-12-10-17(11-13-24)22(27)16-6-8-20(29-3)9-7-16/h6-9,17-19H,4-5,10-15H2,1-3H3. The predicted molar refractivity (Wildman–Crippen MR) is 111 cm³/mol. The van der Waals surface area contributed by atoms with Gasteiger partial charge in [0.2, 0.25) is 11.8 Å². The summed E-state index contributed by atoms with van der Waals surface area (Å²) in [6.45, 7) is 5.87. The molecule has 2 heterocycles. The van der Waals surface area contributed by atoms with Crippen molar-refractivity contribution in [1.82, 2.24) is 9.80 Å². The van der Waals surface area contributed by atoms with Crippen molar-refractivity contribution >= 4 is 17.6 Å². The maximum absolute atomic E-state index is 13.0. The van der Waals surface area contributed by atoms with E-state index in [0.717, 1.165) is 18.6 Å². The third-order valence-corrected chi connectivity index (χ3v) is 6.44.